The van der Waals surface area contributed by atoms with Gasteiger partial charge in [-0.3, -0.25) is 4.79 Å². The summed E-state index contributed by atoms with van der Waals surface area (Å²) in [6, 6.07) is 12.1. The summed E-state index contributed by atoms with van der Waals surface area (Å²) in [6.07, 6.45) is 3.46. The molecule has 5 nitrogen and oxygen atoms in total. The number of nitrogens with zero attached hydrogens (tertiary/aromatic N) is 3. The van der Waals surface area contributed by atoms with Crippen molar-refractivity contribution in [3.05, 3.63) is 36.0 Å². The van der Waals surface area contributed by atoms with Crippen molar-refractivity contribution >= 4 is 22.5 Å². The molecule has 2 heterocycles. The molecule has 1 saturated heterocycles. The molecular formula is C19H22N4O. The van der Waals surface area contributed by atoms with Gasteiger partial charge >= 0.3 is 0 Å². The number of piperidine rings is 1. The van der Waals surface area contributed by atoms with Gasteiger partial charge in [-0.1, -0.05) is 25.1 Å². The molecule has 0 bridgehead atoms. The first-order valence-corrected chi connectivity index (χ1v) is 8.55. The Bertz CT molecular complexity index is 781. The molecule has 1 aliphatic rings. The number of anilines is 1. The molecule has 0 radical (unpaired) electrons. The highest BCUT2D eigenvalue weighted by molar-refractivity contribution is 5.92. The maximum absolute atomic E-state index is 11.9. The van der Waals surface area contributed by atoms with Crippen LogP contribution in [0.25, 0.3) is 10.9 Å². The van der Waals surface area contributed by atoms with Crippen LogP contribution in [0.3, 0.4) is 0 Å². The largest absolute Gasteiger partial charge is 0.369 e. The zero-order chi connectivity index (χ0) is 16.9. The minimum atomic E-state index is 0.127. The second-order valence-electron chi connectivity index (χ2n) is 6.26. The highest BCUT2D eigenvalue weighted by atomic mass is 16.1. The minimum Gasteiger partial charge on any atom is -0.369 e. The zero-order valence-corrected chi connectivity index (χ0v) is 14.0. The van der Waals surface area contributed by atoms with E-state index in [2.05, 4.69) is 21.3 Å². The maximum atomic E-state index is 11.9. The minimum absolute atomic E-state index is 0.127. The number of benzene rings is 1. The predicted octanol–water partition coefficient (Wildman–Crippen LogP) is 2.99. The quantitative estimate of drug-likeness (QED) is 0.939. The lowest BCUT2D eigenvalue weighted by Gasteiger charge is -2.35. The van der Waals surface area contributed by atoms with E-state index in [-0.39, 0.29) is 11.9 Å². The number of aromatic nitrogens is 1. The Morgan fingerprint density at radius 3 is 3.08 bits per heavy atom. The summed E-state index contributed by atoms with van der Waals surface area (Å²) in [5, 5.41) is 13.4. The van der Waals surface area contributed by atoms with Crippen LogP contribution < -0.4 is 10.2 Å². The average molecular weight is 322 g/mol. The van der Waals surface area contributed by atoms with E-state index in [1.54, 1.807) is 0 Å². The molecular weight excluding hydrogens is 300 g/mol. The van der Waals surface area contributed by atoms with Gasteiger partial charge in [0.05, 0.1) is 5.52 Å². The number of para-hydroxylation sites is 1. The van der Waals surface area contributed by atoms with Gasteiger partial charge in [-0.2, -0.15) is 5.26 Å². The van der Waals surface area contributed by atoms with E-state index in [1.807, 2.05) is 37.3 Å². The van der Waals surface area contributed by atoms with Crippen LogP contribution in [0.4, 0.5) is 5.69 Å². The highest BCUT2D eigenvalue weighted by Crippen LogP contribution is 2.29. The third kappa shape index (κ3) is 3.48. The average Bonchev–Trinajstić information content (AvgIpc) is 2.61. The third-order valence-electron chi connectivity index (χ3n) is 4.41. The van der Waals surface area contributed by atoms with Gasteiger partial charge in [0.2, 0.25) is 5.91 Å². The number of hydrogen-bond donors (Lipinski definition) is 1. The van der Waals surface area contributed by atoms with Crippen LogP contribution in [-0.4, -0.2) is 30.0 Å². The van der Waals surface area contributed by atoms with Gasteiger partial charge in [0.15, 0.2) is 0 Å². The highest BCUT2D eigenvalue weighted by Gasteiger charge is 2.23. The van der Waals surface area contributed by atoms with E-state index in [4.69, 9.17) is 0 Å². The molecule has 0 saturated carbocycles. The van der Waals surface area contributed by atoms with Gasteiger partial charge in [-0.15, -0.1) is 0 Å². The third-order valence-corrected chi connectivity index (χ3v) is 4.41. The number of nitrogens with one attached hydrogen (secondary N) is 1. The van der Waals surface area contributed by atoms with E-state index in [9.17, 15) is 10.1 Å². The van der Waals surface area contributed by atoms with Crippen LogP contribution in [0.5, 0.6) is 0 Å². The van der Waals surface area contributed by atoms with E-state index in [0.29, 0.717) is 12.1 Å². The molecule has 1 aromatic carbocycles. The molecule has 0 aliphatic carbocycles. The second-order valence-corrected chi connectivity index (χ2v) is 6.26. The van der Waals surface area contributed by atoms with Crippen LogP contribution in [-0.2, 0) is 4.79 Å². The zero-order valence-electron chi connectivity index (χ0n) is 14.0. The molecule has 1 N–H and O–H groups in total. The standard InChI is InChI=1S/C19H22N4O/c1-2-6-19(24)22-14-7-5-10-23(13-14)18-11-15(12-20)21-17-9-4-3-8-16(17)18/h3-4,8-9,11,14H,2,5-7,10,13H2,1H3,(H,22,24). The van der Waals surface area contributed by atoms with Gasteiger partial charge in [-0.05, 0) is 31.4 Å². The monoisotopic (exact) mass is 322 g/mol. The van der Waals surface area contributed by atoms with Crippen molar-refractivity contribution in [2.75, 3.05) is 18.0 Å². The summed E-state index contributed by atoms with van der Waals surface area (Å²) in [6.45, 7) is 3.71. The number of amides is 1. The first-order valence-electron chi connectivity index (χ1n) is 8.55. The molecule has 124 valence electrons. The summed E-state index contributed by atoms with van der Waals surface area (Å²) in [7, 11) is 0. The van der Waals surface area contributed by atoms with Crippen molar-refractivity contribution in [3.63, 3.8) is 0 Å². The van der Waals surface area contributed by atoms with Crippen LogP contribution in [0.1, 0.15) is 38.3 Å². The van der Waals surface area contributed by atoms with Gasteiger partial charge in [0.25, 0.3) is 0 Å². The molecule has 0 spiro atoms. The smallest absolute Gasteiger partial charge is 0.220 e. The van der Waals surface area contributed by atoms with Crippen LogP contribution in [0, 0.1) is 11.3 Å². The molecule has 2 aromatic rings. The van der Waals surface area contributed by atoms with E-state index in [1.165, 1.54) is 0 Å². The van der Waals surface area contributed by atoms with Gasteiger partial charge in [0, 0.05) is 36.6 Å². The van der Waals surface area contributed by atoms with Crippen LogP contribution in [0.15, 0.2) is 30.3 Å². The molecule has 1 atom stereocenters. The lowest BCUT2D eigenvalue weighted by molar-refractivity contribution is -0.121. The number of carbonyl (C=O) groups is 1. The second kappa shape index (κ2) is 7.31. The summed E-state index contributed by atoms with van der Waals surface area (Å²) in [4.78, 5) is 18.5. The summed E-state index contributed by atoms with van der Waals surface area (Å²) >= 11 is 0. The van der Waals surface area contributed by atoms with E-state index >= 15 is 0 Å². The van der Waals surface area contributed by atoms with Crippen molar-refractivity contribution < 1.29 is 4.79 Å². The van der Waals surface area contributed by atoms with Crippen molar-refractivity contribution in [2.45, 2.75) is 38.6 Å². The molecule has 1 fully saturated rings. The van der Waals surface area contributed by atoms with Gasteiger partial charge in [0.1, 0.15) is 11.8 Å². The molecule has 1 amide bonds. The van der Waals surface area contributed by atoms with Crippen LogP contribution >= 0.6 is 0 Å². The maximum Gasteiger partial charge on any atom is 0.220 e. The van der Waals surface area contributed by atoms with Gasteiger partial charge < -0.3 is 10.2 Å². The van der Waals surface area contributed by atoms with Crippen molar-refractivity contribution in [2.24, 2.45) is 0 Å². The molecule has 1 aliphatic heterocycles. The fourth-order valence-electron chi connectivity index (χ4n) is 3.32. The number of rotatable bonds is 4. The Balaban J connectivity index is 1.87. The van der Waals surface area contributed by atoms with E-state index < -0.39 is 0 Å². The van der Waals surface area contributed by atoms with Gasteiger partial charge in [-0.25, -0.2) is 4.98 Å². The summed E-state index contributed by atoms with van der Waals surface area (Å²) in [5.74, 6) is 0.127. The topological polar surface area (TPSA) is 69.0 Å². The Hall–Kier alpha value is -2.61. The number of fused-ring (bicyclic) bond motifs is 1. The SMILES string of the molecule is CCCC(=O)NC1CCCN(c2cc(C#N)nc3ccccc23)C1. The molecule has 1 unspecified atom stereocenters. The summed E-state index contributed by atoms with van der Waals surface area (Å²) in [5.41, 5.74) is 2.30. The molecule has 3 rings (SSSR count). The Morgan fingerprint density at radius 1 is 1.46 bits per heavy atom. The van der Waals surface area contributed by atoms with Crippen molar-refractivity contribution in [3.8, 4) is 6.07 Å². The predicted molar refractivity (Wildman–Crippen MR) is 94.7 cm³/mol. The number of hydrogen-bond acceptors (Lipinski definition) is 4. The van der Waals surface area contributed by atoms with E-state index in [0.717, 1.165) is 48.9 Å². The fourth-order valence-corrected chi connectivity index (χ4v) is 3.32. The molecule has 24 heavy (non-hydrogen) atoms. The lowest BCUT2D eigenvalue weighted by atomic mass is 10.0. The number of carbonyl (C=O) groups excluding carboxylic acids is 1. The normalized spacial score (nSPS) is 17.5. The molecule has 5 heteroatoms. The molecule has 1 aromatic heterocycles. The fraction of sp³-hybridized carbons (Fsp3) is 0.421. The Kier molecular flexibility index (Phi) is 4.95. The van der Waals surface area contributed by atoms with Crippen LogP contribution in [0.2, 0.25) is 0 Å². The Morgan fingerprint density at radius 2 is 2.29 bits per heavy atom. The Labute approximate surface area is 142 Å². The van der Waals surface area contributed by atoms with Crippen molar-refractivity contribution in [1.29, 1.82) is 5.26 Å². The lowest BCUT2D eigenvalue weighted by Crippen LogP contribution is -2.47. The first kappa shape index (κ1) is 16.3. The summed E-state index contributed by atoms with van der Waals surface area (Å²) < 4.78 is 0. The first-order chi connectivity index (χ1) is 11.7. The van der Waals surface area contributed by atoms with Crippen molar-refractivity contribution in [1.82, 2.24) is 10.3 Å². The number of nitriles is 1. The number of pyridine rings is 1.